The summed E-state index contributed by atoms with van der Waals surface area (Å²) >= 11 is 0. The zero-order valence-corrected chi connectivity index (χ0v) is 12.6. The number of hydrogen-bond acceptors (Lipinski definition) is 3. The van der Waals surface area contributed by atoms with Crippen LogP contribution in [-0.2, 0) is 4.74 Å². The van der Waals surface area contributed by atoms with Gasteiger partial charge in [-0.3, -0.25) is 4.90 Å². The van der Waals surface area contributed by atoms with Gasteiger partial charge in [0.05, 0.1) is 18.8 Å². The lowest BCUT2D eigenvalue weighted by Crippen LogP contribution is -2.49. The molecule has 3 nitrogen and oxygen atoms in total. The molecule has 1 saturated carbocycles. The monoisotopic (exact) mass is 274 g/mol. The average Bonchev–Trinajstić information content (AvgIpc) is 3.31. The average molecular weight is 274 g/mol. The van der Waals surface area contributed by atoms with Crippen LogP contribution in [0.3, 0.4) is 0 Å². The molecule has 0 bridgehead atoms. The van der Waals surface area contributed by atoms with Gasteiger partial charge >= 0.3 is 0 Å². The molecule has 1 saturated heterocycles. The lowest BCUT2D eigenvalue weighted by molar-refractivity contribution is -0.0712. The third-order valence-corrected chi connectivity index (χ3v) is 4.58. The lowest BCUT2D eigenvalue weighted by Gasteiger charge is -2.41. The van der Waals surface area contributed by atoms with E-state index in [2.05, 4.69) is 43.0 Å². The van der Waals surface area contributed by atoms with Gasteiger partial charge in [-0.2, -0.15) is 0 Å². The third kappa shape index (κ3) is 2.76. The largest absolute Gasteiger partial charge is 0.374 e. The fourth-order valence-corrected chi connectivity index (χ4v) is 3.25. The van der Waals surface area contributed by atoms with Crippen molar-refractivity contribution in [2.24, 2.45) is 5.73 Å². The fraction of sp³-hybridized carbons (Fsp3) is 0.647. The van der Waals surface area contributed by atoms with E-state index in [9.17, 15) is 0 Å². The van der Waals surface area contributed by atoms with Gasteiger partial charge in [-0.15, -0.1) is 0 Å². The van der Waals surface area contributed by atoms with Crippen molar-refractivity contribution in [2.45, 2.75) is 50.8 Å². The Labute approximate surface area is 122 Å². The van der Waals surface area contributed by atoms with Crippen molar-refractivity contribution in [3.05, 3.63) is 35.4 Å². The number of rotatable bonds is 4. The van der Waals surface area contributed by atoms with Gasteiger partial charge in [0, 0.05) is 19.1 Å². The molecule has 0 radical (unpaired) electrons. The predicted octanol–water partition coefficient (Wildman–Crippen LogP) is 2.67. The van der Waals surface area contributed by atoms with E-state index in [4.69, 9.17) is 10.5 Å². The van der Waals surface area contributed by atoms with Crippen LogP contribution < -0.4 is 5.73 Å². The molecule has 1 aromatic carbocycles. The van der Waals surface area contributed by atoms with Crippen LogP contribution in [0.15, 0.2) is 24.3 Å². The summed E-state index contributed by atoms with van der Waals surface area (Å²) in [7, 11) is 0. The van der Waals surface area contributed by atoms with Crippen LogP contribution in [0.5, 0.6) is 0 Å². The summed E-state index contributed by atoms with van der Waals surface area (Å²) in [5.74, 6) is 0.580. The standard InChI is InChI=1S/C17H26N2O/c1-12(2)13-3-5-14(6-4-13)17-16(11-18)20-10-9-19(17)15-7-8-15/h3-6,12,15-17H,7-11,18H2,1-2H3. The maximum absolute atomic E-state index is 5.94. The molecule has 2 fully saturated rings. The van der Waals surface area contributed by atoms with Gasteiger partial charge in [0.2, 0.25) is 0 Å². The highest BCUT2D eigenvalue weighted by Gasteiger charge is 2.40. The maximum Gasteiger partial charge on any atom is 0.0894 e. The fourth-order valence-electron chi connectivity index (χ4n) is 3.25. The van der Waals surface area contributed by atoms with Crippen molar-refractivity contribution in [3.8, 4) is 0 Å². The Bertz CT molecular complexity index is 439. The van der Waals surface area contributed by atoms with Crippen molar-refractivity contribution in [1.29, 1.82) is 0 Å². The quantitative estimate of drug-likeness (QED) is 0.917. The van der Waals surface area contributed by atoms with E-state index in [1.165, 1.54) is 24.0 Å². The van der Waals surface area contributed by atoms with Crippen molar-refractivity contribution < 1.29 is 4.74 Å². The second kappa shape index (κ2) is 5.84. The second-order valence-electron chi connectivity index (χ2n) is 6.38. The zero-order chi connectivity index (χ0) is 14.1. The van der Waals surface area contributed by atoms with E-state index in [0.717, 1.165) is 19.2 Å². The number of hydrogen-bond donors (Lipinski definition) is 1. The number of morpholine rings is 1. The summed E-state index contributed by atoms with van der Waals surface area (Å²) in [6.07, 6.45) is 2.80. The minimum Gasteiger partial charge on any atom is -0.374 e. The van der Waals surface area contributed by atoms with Gasteiger partial charge < -0.3 is 10.5 Å². The molecule has 3 rings (SSSR count). The molecule has 2 N–H and O–H groups in total. The van der Waals surface area contributed by atoms with Crippen LogP contribution in [0.2, 0.25) is 0 Å². The first-order valence-corrected chi connectivity index (χ1v) is 7.88. The van der Waals surface area contributed by atoms with E-state index >= 15 is 0 Å². The first-order chi connectivity index (χ1) is 9.70. The van der Waals surface area contributed by atoms with E-state index in [-0.39, 0.29) is 6.10 Å². The van der Waals surface area contributed by atoms with E-state index in [1.54, 1.807) is 0 Å². The number of nitrogens with two attached hydrogens (primary N) is 1. The molecule has 2 unspecified atom stereocenters. The smallest absolute Gasteiger partial charge is 0.0894 e. The molecule has 0 amide bonds. The van der Waals surface area contributed by atoms with E-state index in [0.29, 0.717) is 18.5 Å². The molecule has 0 aromatic heterocycles. The first kappa shape index (κ1) is 14.1. The molecule has 1 aliphatic heterocycles. The van der Waals surface area contributed by atoms with Crippen molar-refractivity contribution in [3.63, 3.8) is 0 Å². The van der Waals surface area contributed by atoms with E-state index < -0.39 is 0 Å². The Balaban J connectivity index is 1.86. The van der Waals surface area contributed by atoms with Crippen LogP contribution in [0, 0.1) is 0 Å². The Morgan fingerprint density at radius 2 is 1.95 bits per heavy atom. The van der Waals surface area contributed by atoms with Crippen molar-refractivity contribution in [2.75, 3.05) is 19.7 Å². The summed E-state index contributed by atoms with van der Waals surface area (Å²) < 4.78 is 5.91. The molecule has 2 atom stereocenters. The maximum atomic E-state index is 5.94. The predicted molar refractivity (Wildman–Crippen MR) is 81.8 cm³/mol. The highest BCUT2D eigenvalue weighted by atomic mass is 16.5. The lowest BCUT2D eigenvalue weighted by atomic mass is 9.94. The molecule has 3 heteroatoms. The van der Waals surface area contributed by atoms with Crippen molar-refractivity contribution >= 4 is 0 Å². The van der Waals surface area contributed by atoms with Crippen LogP contribution in [0.25, 0.3) is 0 Å². The molecule has 20 heavy (non-hydrogen) atoms. The zero-order valence-electron chi connectivity index (χ0n) is 12.6. The molecule has 110 valence electrons. The third-order valence-electron chi connectivity index (χ3n) is 4.58. The Hall–Kier alpha value is -0.900. The number of nitrogens with zero attached hydrogens (tertiary/aromatic N) is 1. The van der Waals surface area contributed by atoms with Crippen LogP contribution in [0.4, 0.5) is 0 Å². The molecular formula is C17H26N2O. The molecule has 1 heterocycles. The Kier molecular flexibility index (Phi) is 4.11. The van der Waals surface area contributed by atoms with Crippen molar-refractivity contribution in [1.82, 2.24) is 4.90 Å². The van der Waals surface area contributed by atoms with Gasteiger partial charge in [0.25, 0.3) is 0 Å². The topological polar surface area (TPSA) is 38.5 Å². The van der Waals surface area contributed by atoms with Crippen LogP contribution in [-0.4, -0.2) is 36.7 Å². The number of benzene rings is 1. The minimum absolute atomic E-state index is 0.134. The highest BCUT2D eigenvalue weighted by Crippen LogP contribution is 2.38. The van der Waals surface area contributed by atoms with Crippen LogP contribution in [0.1, 0.15) is 49.8 Å². The molecule has 1 aliphatic carbocycles. The summed E-state index contributed by atoms with van der Waals surface area (Å²) in [4.78, 5) is 2.62. The molecule has 0 spiro atoms. The number of ether oxygens (including phenoxy) is 1. The van der Waals surface area contributed by atoms with Gasteiger partial charge in [-0.25, -0.2) is 0 Å². The summed E-state index contributed by atoms with van der Waals surface area (Å²) in [5.41, 5.74) is 8.69. The molecular weight excluding hydrogens is 248 g/mol. The molecule has 1 aromatic rings. The molecule has 2 aliphatic rings. The summed E-state index contributed by atoms with van der Waals surface area (Å²) in [6.45, 7) is 6.92. The van der Waals surface area contributed by atoms with Gasteiger partial charge in [-0.1, -0.05) is 38.1 Å². The van der Waals surface area contributed by atoms with Gasteiger partial charge in [-0.05, 0) is 29.9 Å². The Morgan fingerprint density at radius 3 is 2.50 bits per heavy atom. The normalized spacial score (nSPS) is 28.0. The highest BCUT2D eigenvalue weighted by molar-refractivity contribution is 5.28. The van der Waals surface area contributed by atoms with Gasteiger partial charge in [0.1, 0.15) is 0 Å². The Morgan fingerprint density at radius 1 is 1.25 bits per heavy atom. The second-order valence-corrected chi connectivity index (χ2v) is 6.38. The SMILES string of the molecule is CC(C)c1ccc(C2C(CN)OCCN2C2CC2)cc1. The van der Waals surface area contributed by atoms with Gasteiger partial charge in [0.15, 0.2) is 0 Å². The van der Waals surface area contributed by atoms with E-state index in [1.807, 2.05) is 0 Å². The van der Waals surface area contributed by atoms with Crippen LogP contribution >= 0.6 is 0 Å². The first-order valence-electron chi connectivity index (χ1n) is 7.88. The summed E-state index contributed by atoms with van der Waals surface area (Å²) in [6, 6.07) is 10.1. The minimum atomic E-state index is 0.134. The summed E-state index contributed by atoms with van der Waals surface area (Å²) in [5, 5.41) is 0.